The van der Waals surface area contributed by atoms with Gasteiger partial charge in [-0.3, -0.25) is 0 Å². The van der Waals surface area contributed by atoms with Gasteiger partial charge in [0.2, 0.25) is 0 Å². The summed E-state index contributed by atoms with van der Waals surface area (Å²) in [6.45, 7) is 2.03. The minimum absolute atomic E-state index is 0.151. The van der Waals surface area contributed by atoms with Gasteiger partial charge in [0.15, 0.2) is 0 Å². The van der Waals surface area contributed by atoms with Crippen LogP contribution in [0.3, 0.4) is 0 Å². The van der Waals surface area contributed by atoms with Crippen molar-refractivity contribution in [2.24, 2.45) is 0 Å². The molecular weight excluding hydrogens is 250 g/mol. The number of fused-ring (bicyclic) bond motifs is 2. The molecule has 0 amide bonds. The Kier molecular flexibility index (Phi) is 3.16. The fraction of sp³-hybridized carbons (Fsp3) is 0.692. The third-order valence-electron chi connectivity index (χ3n) is 4.02. The Morgan fingerprint density at radius 3 is 2.61 bits per heavy atom. The molecule has 2 unspecified atom stereocenters. The second kappa shape index (κ2) is 4.67. The van der Waals surface area contributed by atoms with Crippen molar-refractivity contribution in [3.05, 3.63) is 17.0 Å². The number of aryl methyl sites for hydroxylation is 1. The molecule has 2 aliphatic rings. The first-order valence-electron chi connectivity index (χ1n) is 6.67. The zero-order chi connectivity index (χ0) is 12.7. The quantitative estimate of drug-likeness (QED) is 0.835. The lowest BCUT2D eigenvalue weighted by Gasteiger charge is -2.38. The van der Waals surface area contributed by atoms with E-state index in [1.54, 1.807) is 0 Å². The Morgan fingerprint density at radius 1 is 1.33 bits per heavy atom. The van der Waals surface area contributed by atoms with Crippen LogP contribution >= 0.6 is 11.6 Å². The average Bonchev–Trinajstić information content (AvgIpc) is 2.61. The predicted molar refractivity (Wildman–Crippen MR) is 70.9 cm³/mol. The van der Waals surface area contributed by atoms with E-state index in [-0.39, 0.29) is 6.10 Å². The minimum Gasteiger partial charge on any atom is -0.393 e. The maximum atomic E-state index is 9.82. The van der Waals surface area contributed by atoms with Gasteiger partial charge in [0.25, 0.3) is 0 Å². The van der Waals surface area contributed by atoms with Gasteiger partial charge in [-0.1, -0.05) is 18.5 Å². The fourth-order valence-corrected chi connectivity index (χ4v) is 3.46. The summed E-state index contributed by atoms with van der Waals surface area (Å²) in [7, 11) is 0. The second-order valence-electron chi connectivity index (χ2n) is 5.24. The van der Waals surface area contributed by atoms with Crippen molar-refractivity contribution in [2.45, 2.75) is 57.2 Å². The molecular formula is C13H18ClN3O. The summed E-state index contributed by atoms with van der Waals surface area (Å²) in [4.78, 5) is 11.1. The van der Waals surface area contributed by atoms with Crippen LogP contribution in [0.15, 0.2) is 6.07 Å². The molecule has 0 saturated carbocycles. The molecule has 1 aromatic rings. The van der Waals surface area contributed by atoms with Gasteiger partial charge in [0, 0.05) is 24.6 Å². The van der Waals surface area contributed by atoms with E-state index in [2.05, 4.69) is 14.9 Å². The van der Waals surface area contributed by atoms with Crippen LogP contribution in [0.2, 0.25) is 5.15 Å². The van der Waals surface area contributed by atoms with Crippen molar-refractivity contribution in [3.63, 3.8) is 0 Å². The first-order valence-corrected chi connectivity index (χ1v) is 7.05. The molecule has 2 bridgehead atoms. The highest BCUT2D eigenvalue weighted by Gasteiger charge is 2.40. The third-order valence-corrected chi connectivity index (χ3v) is 4.21. The van der Waals surface area contributed by atoms with Crippen molar-refractivity contribution in [3.8, 4) is 0 Å². The number of hydrogen-bond donors (Lipinski definition) is 1. The van der Waals surface area contributed by atoms with E-state index in [1.807, 2.05) is 13.0 Å². The van der Waals surface area contributed by atoms with Crippen LogP contribution in [0.5, 0.6) is 0 Å². The molecule has 0 aromatic carbocycles. The number of nitrogens with zero attached hydrogens (tertiary/aromatic N) is 3. The highest BCUT2D eigenvalue weighted by Crippen LogP contribution is 2.38. The number of piperidine rings is 1. The Hall–Kier alpha value is -0.870. The lowest BCUT2D eigenvalue weighted by molar-refractivity contribution is 0.126. The van der Waals surface area contributed by atoms with Crippen LogP contribution in [0.25, 0.3) is 0 Å². The molecule has 2 aliphatic heterocycles. The number of aliphatic hydroxyl groups is 1. The molecule has 2 fully saturated rings. The van der Waals surface area contributed by atoms with Crippen LogP contribution in [-0.2, 0) is 6.42 Å². The van der Waals surface area contributed by atoms with Crippen LogP contribution in [-0.4, -0.2) is 33.3 Å². The molecule has 18 heavy (non-hydrogen) atoms. The van der Waals surface area contributed by atoms with Gasteiger partial charge in [-0.2, -0.15) is 0 Å². The molecule has 4 nitrogen and oxygen atoms in total. The number of hydrogen-bond acceptors (Lipinski definition) is 4. The number of anilines is 1. The van der Waals surface area contributed by atoms with Crippen LogP contribution in [0.1, 0.15) is 38.4 Å². The highest BCUT2D eigenvalue weighted by molar-refractivity contribution is 6.29. The Bertz CT molecular complexity index is 440. The SMILES string of the molecule is CCc1nc(Cl)cc(N2C3CCC2CC(O)C3)n1. The van der Waals surface area contributed by atoms with E-state index < -0.39 is 0 Å². The van der Waals surface area contributed by atoms with E-state index in [0.29, 0.717) is 17.2 Å². The van der Waals surface area contributed by atoms with Gasteiger partial charge in [-0.25, -0.2) is 9.97 Å². The third kappa shape index (κ3) is 2.08. The fourth-order valence-electron chi connectivity index (χ4n) is 3.26. The summed E-state index contributed by atoms with van der Waals surface area (Å²) < 4.78 is 0. The number of halogens is 1. The van der Waals surface area contributed by atoms with Crippen molar-refractivity contribution in [2.75, 3.05) is 4.90 Å². The monoisotopic (exact) mass is 267 g/mol. The average molecular weight is 268 g/mol. The topological polar surface area (TPSA) is 49.2 Å². The first kappa shape index (κ1) is 12.2. The van der Waals surface area contributed by atoms with E-state index in [4.69, 9.17) is 11.6 Å². The van der Waals surface area contributed by atoms with Gasteiger partial charge in [0.1, 0.15) is 16.8 Å². The summed E-state index contributed by atoms with van der Waals surface area (Å²) >= 11 is 6.07. The van der Waals surface area contributed by atoms with Crippen molar-refractivity contribution >= 4 is 17.4 Å². The maximum absolute atomic E-state index is 9.82. The first-order chi connectivity index (χ1) is 8.67. The number of rotatable bonds is 2. The molecule has 1 aromatic heterocycles. The van der Waals surface area contributed by atoms with Gasteiger partial charge in [-0.05, 0) is 25.7 Å². The van der Waals surface area contributed by atoms with E-state index in [1.165, 1.54) is 0 Å². The molecule has 3 rings (SSSR count). The predicted octanol–water partition coefficient (Wildman–Crippen LogP) is 2.18. The Balaban J connectivity index is 1.93. The summed E-state index contributed by atoms with van der Waals surface area (Å²) in [5.41, 5.74) is 0. The zero-order valence-electron chi connectivity index (χ0n) is 10.5. The summed E-state index contributed by atoms with van der Waals surface area (Å²) in [5.74, 6) is 1.73. The highest BCUT2D eigenvalue weighted by atomic mass is 35.5. The second-order valence-corrected chi connectivity index (χ2v) is 5.62. The zero-order valence-corrected chi connectivity index (χ0v) is 11.3. The van der Waals surface area contributed by atoms with Gasteiger partial charge < -0.3 is 10.0 Å². The van der Waals surface area contributed by atoms with Gasteiger partial charge in [0.05, 0.1) is 6.10 Å². The normalized spacial score (nSPS) is 30.8. The van der Waals surface area contributed by atoms with Crippen molar-refractivity contribution in [1.82, 2.24) is 9.97 Å². The molecule has 98 valence electrons. The minimum atomic E-state index is -0.151. The molecule has 5 heteroatoms. The lowest BCUT2D eigenvalue weighted by Crippen LogP contribution is -2.45. The maximum Gasteiger partial charge on any atom is 0.134 e. The molecule has 1 N–H and O–H groups in total. The molecule has 2 atom stereocenters. The van der Waals surface area contributed by atoms with Crippen molar-refractivity contribution < 1.29 is 5.11 Å². The molecule has 0 radical (unpaired) electrons. The summed E-state index contributed by atoms with van der Waals surface area (Å²) in [6, 6.07) is 2.67. The number of aromatic nitrogens is 2. The smallest absolute Gasteiger partial charge is 0.134 e. The Labute approximate surface area is 112 Å². The van der Waals surface area contributed by atoms with E-state index in [9.17, 15) is 5.11 Å². The van der Waals surface area contributed by atoms with Gasteiger partial charge in [-0.15, -0.1) is 0 Å². The standard InChI is InChI=1S/C13H18ClN3O/c1-2-12-15-11(14)7-13(16-12)17-8-3-4-9(17)6-10(18)5-8/h7-10,18H,2-6H2,1H3. The summed E-state index contributed by atoms with van der Waals surface area (Å²) in [6.07, 6.45) is 4.62. The van der Waals surface area contributed by atoms with E-state index >= 15 is 0 Å². The van der Waals surface area contributed by atoms with Crippen molar-refractivity contribution in [1.29, 1.82) is 0 Å². The Morgan fingerprint density at radius 2 is 2.00 bits per heavy atom. The lowest BCUT2D eigenvalue weighted by atomic mass is 10.00. The molecule has 3 heterocycles. The van der Waals surface area contributed by atoms with Gasteiger partial charge >= 0.3 is 0 Å². The van der Waals surface area contributed by atoms with Crippen LogP contribution in [0.4, 0.5) is 5.82 Å². The van der Waals surface area contributed by atoms with Crippen LogP contribution < -0.4 is 4.90 Å². The molecule has 2 saturated heterocycles. The van der Waals surface area contributed by atoms with Crippen LogP contribution in [0, 0.1) is 0 Å². The summed E-state index contributed by atoms with van der Waals surface area (Å²) in [5, 5.41) is 10.3. The van der Waals surface area contributed by atoms with E-state index in [0.717, 1.165) is 43.7 Å². The largest absolute Gasteiger partial charge is 0.393 e. The molecule has 0 spiro atoms. The number of aliphatic hydroxyl groups excluding tert-OH is 1. The molecule has 0 aliphatic carbocycles.